The Hall–Kier alpha value is -1.39. The van der Waals surface area contributed by atoms with Crippen LogP contribution in [0.15, 0.2) is 24.3 Å². The minimum Gasteiger partial charge on any atom is -0.396 e. The van der Waals surface area contributed by atoms with Gasteiger partial charge < -0.3 is 15.7 Å². The van der Waals surface area contributed by atoms with Crippen molar-refractivity contribution in [1.82, 2.24) is 5.32 Å². The molecule has 21 heavy (non-hydrogen) atoms. The van der Waals surface area contributed by atoms with Crippen molar-refractivity contribution in [2.45, 2.75) is 39.0 Å². The quantitative estimate of drug-likeness (QED) is 0.753. The lowest BCUT2D eigenvalue weighted by Crippen LogP contribution is -2.44. The van der Waals surface area contributed by atoms with Crippen LogP contribution in [0.1, 0.15) is 38.2 Å². The summed E-state index contributed by atoms with van der Waals surface area (Å²) in [4.78, 5) is 12.7. The van der Waals surface area contributed by atoms with Crippen molar-refractivity contribution in [3.8, 4) is 0 Å². The van der Waals surface area contributed by atoms with E-state index in [2.05, 4.69) is 17.6 Å². The SMILES string of the molecule is CCC1(C(=O)Nc2cccc(CCCO)c2)CCNCC1. The van der Waals surface area contributed by atoms with E-state index in [0.29, 0.717) is 0 Å². The Morgan fingerprint density at radius 2 is 2.14 bits per heavy atom. The molecule has 1 fully saturated rings. The summed E-state index contributed by atoms with van der Waals surface area (Å²) in [6, 6.07) is 7.94. The van der Waals surface area contributed by atoms with Gasteiger partial charge in [0, 0.05) is 12.3 Å². The number of aryl methyl sites for hydroxylation is 1. The van der Waals surface area contributed by atoms with E-state index in [1.54, 1.807) is 0 Å². The fraction of sp³-hybridized carbons (Fsp3) is 0.588. The maximum absolute atomic E-state index is 12.7. The van der Waals surface area contributed by atoms with Gasteiger partial charge in [-0.1, -0.05) is 19.1 Å². The molecule has 4 nitrogen and oxygen atoms in total. The Bertz CT molecular complexity index is 468. The second-order valence-corrected chi connectivity index (χ2v) is 5.87. The van der Waals surface area contributed by atoms with E-state index in [4.69, 9.17) is 5.11 Å². The number of aliphatic hydroxyl groups excluding tert-OH is 1. The number of piperidine rings is 1. The zero-order valence-corrected chi connectivity index (χ0v) is 12.8. The molecule has 1 aromatic carbocycles. The van der Waals surface area contributed by atoms with E-state index < -0.39 is 0 Å². The summed E-state index contributed by atoms with van der Waals surface area (Å²) in [5.41, 5.74) is 1.78. The highest BCUT2D eigenvalue weighted by atomic mass is 16.2. The van der Waals surface area contributed by atoms with Gasteiger partial charge in [0.25, 0.3) is 0 Å². The average Bonchev–Trinajstić information content (AvgIpc) is 2.54. The highest BCUT2D eigenvalue weighted by Crippen LogP contribution is 2.34. The molecule has 116 valence electrons. The van der Waals surface area contributed by atoms with Gasteiger partial charge in [0.1, 0.15) is 0 Å². The summed E-state index contributed by atoms with van der Waals surface area (Å²) in [7, 11) is 0. The highest BCUT2D eigenvalue weighted by molar-refractivity contribution is 5.95. The minimum atomic E-state index is -0.230. The van der Waals surface area contributed by atoms with E-state index in [9.17, 15) is 4.79 Å². The maximum Gasteiger partial charge on any atom is 0.230 e. The number of anilines is 1. The van der Waals surface area contributed by atoms with Crippen molar-refractivity contribution in [1.29, 1.82) is 0 Å². The van der Waals surface area contributed by atoms with Gasteiger partial charge in [-0.15, -0.1) is 0 Å². The smallest absolute Gasteiger partial charge is 0.230 e. The molecule has 1 amide bonds. The number of carbonyl (C=O) groups excluding carboxylic acids is 1. The standard InChI is InChI=1S/C17H26N2O2/c1-2-17(8-10-18-11-9-17)16(21)19-15-7-3-5-14(13-15)6-4-12-20/h3,5,7,13,18,20H,2,4,6,8-12H2,1H3,(H,19,21). The van der Waals surface area contributed by atoms with Crippen LogP contribution in [-0.2, 0) is 11.2 Å². The van der Waals surface area contributed by atoms with Crippen molar-refractivity contribution < 1.29 is 9.90 Å². The average molecular weight is 290 g/mol. The van der Waals surface area contributed by atoms with Crippen molar-refractivity contribution in [3.63, 3.8) is 0 Å². The third-order valence-corrected chi connectivity index (χ3v) is 4.53. The number of aliphatic hydroxyl groups is 1. The first-order valence-corrected chi connectivity index (χ1v) is 7.92. The fourth-order valence-corrected chi connectivity index (χ4v) is 3.00. The molecule has 0 radical (unpaired) electrons. The van der Waals surface area contributed by atoms with Gasteiger partial charge in [0.15, 0.2) is 0 Å². The summed E-state index contributed by atoms with van der Waals surface area (Å²) in [6.45, 7) is 4.13. The number of carbonyl (C=O) groups is 1. The number of benzene rings is 1. The Balaban J connectivity index is 2.04. The Morgan fingerprint density at radius 1 is 1.38 bits per heavy atom. The monoisotopic (exact) mass is 290 g/mol. The molecule has 1 heterocycles. The van der Waals surface area contributed by atoms with Crippen LogP contribution in [0.4, 0.5) is 5.69 Å². The number of amides is 1. The second-order valence-electron chi connectivity index (χ2n) is 5.87. The first-order chi connectivity index (χ1) is 10.2. The Morgan fingerprint density at radius 3 is 2.81 bits per heavy atom. The summed E-state index contributed by atoms with van der Waals surface area (Å²) in [5, 5.41) is 15.3. The molecule has 0 aromatic heterocycles. The zero-order chi connectivity index (χ0) is 15.1. The summed E-state index contributed by atoms with van der Waals surface area (Å²) < 4.78 is 0. The van der Waals surface area contributed by atoms with Crippen LogP contribution in [0.3, 0.4) is 0 Å². The van der Waals surface area contributed by atoms with E-state index >= 15 is 0 Å². The summed E-state index contributed by atoms with van der Waals surface area (Å²) in [6.07, 6.45) is 4.27. The van der Waals surface area contributed by atoms with Crippen molar-refractivity contribution in [2.24, 2.45) is 5.41 Å². The fourth-order valence-electron chi connectivity index (χ4n) is 3.00. The van der Waals surface area contributed by atoms with Gasteiger partial charge in [0.2, 0.25) is 5.91 Å². The maximum atomic E-state index is 12.7. The molecule has 0 spiro atoms. The summed E-state index contributed by atoms with van der Waals surface area (Å²) >= 11 is 0. The Kier molecular flexibility index (Phi) is 5.76. The number of hydrogen-bond acceptors (Lipinski definition) is 3. The largest absolute Gasteiger partial charge is 0.396 e. The van der Waals surface area contributed by atoms with E-state index in [-0.39, 0.29) is 17.9 Å². The van der Waals surface area contributed by atoms with Gasteiger partial charge in [0.05, 0.1) is 5.41 Å². The third kappa shape index (κ3) is 4.05. The molecule has 4 heteroatoms. The Labute approximate surface area is 126 Å². The number of rotatable bonds is 6. The number of hydrogen-bond donors (Lipinski definition) is 3. The molecule has 0 bridgehead atoms. The van der Waals surface area contributed by atoms with Crippen LogP contribution in [-0.4, -0.2) is 30.7 Å². The zero-order valence-electron chi connectivity index (χ0n) is 12.8. The second kappa shape index (κ2) is 7.57. The van der Waals surface area contributed by atoms with E-state index in [0.717, 1.165) is 56.4 Å². The van der Waals surface area contributed by atoms with Crippen molar-refractivity contribution in [3.05, 3.63) is 29.8 Å². The van der Waals surface area contributed by atoms with Crippen LogP contribution >= 0.6 is 0 Å². The molecule has 0 unspecified atom stereocenters. The molecule has 1 aliphatic heterocycles. The van der Waals surface area contributed by atoms with Crippen LogP contribution in [0.25, 0.3) is 0 Å². The van der Waals surface area contributed by atoms with Crippen LogP contribution in [0.2, 0.25) is 0 Å². The van der Waals surface area contributed by atoms with E-state index in [1.807, 2.05) is 24.3 Å². The first-order valence-electron chi connectivity index (χ1n) is 7.92. The molecule has 0 atom stereocenters. The van der Waals surface area contributed by atoms with Crippen molar-refractivity contribution in [2.75, 3.05) is 25.0 Å². The van der Waals surface area contributed by atoms with Gasteiger partial charge in [-0.2, -0.15) is 0 Å². The molecular formula is C17H26N2O2. The van der Waals surface area contributed by atoms with Gasteiger partial charge in [-0.05, 0) is 62.9 Å². The predicted octanol–water partition coefficient (Wildman–Crippen LogP) is 2.33. The molecule has 1 saturated heterocycles. The van der Waals surface area contributed by atoms with Crippen LogP contribution in [0.5, 0.6) is 0 Å². The molecular weight excluding hydrogens is 264 g/mol. The molecule has 1 aromatic rings. The van der Waals surface area contributed by atoms with Crippen molar-refractivity contribution >= 4 is 11.6 Å². The molecule has 0 aliphatic carbocycles. The molecule has 3 N–H and O–H groups in total. The third-order valence-electron chi connectivity index (χ3n) is 4.53. The first kappa shape index (κ1) is 16.0. The minimum absolute atomic E-state index is 0.144. The van der Waals surface area contributed by atoms with Crippen LogP contribution < -0.4 is 10.6 Å². The lowest BCUT2D eigenvalue weighted by atomic mass is 9.76. The van der Waals surface area contributed by atoms with Gasteiger partial charge >= 0.3 is 0 Å². The van der Waals surface area contributed by atoms with E-state index in [1.165, 1.54) is 0 Å². The normalized spacial score (nSPS) is 17.4. The van der Waals surface area contributed by atoms with Gasteiger partial charge in [-0.25, -0.2) is 0 Å². The molecule has 2 rings (SSSR count). The lowest BCUT2D eigenvalue weighted by molar-refractivity contribution is -0.127. The number of nitrogens with one attached hydrogen (secondary N) is 2. The highest BCUT2D eigenvalue weighted by Gasteiger charge is 2.37. The van der Waals surface area contributed by atoms with Gasteiger partial charge in [-0.3, -0.25) is 4.79 Å². The summed E-state index contributed by atoms with van der Waals surface area (Å²) in [5.74, 6) is 0.144. The molecule has 1 aliphatic rings. The molecule has 0 saturated carbocycles. The predicted molar refractivity (Wildman–Crippen MR) is 85.3 cm³/mol. The topological polar surface area (TPSA) is 61.4 Å². The van der Waals surface area contributed by atoms with Crippen LogP contribution in [0, 0.1) is 5.41 Å². The lowest BCUT2D eigenvalue weighted by Gasteiger charge is -2.35.